The van der Waals surface area contributed by atoms with Crippen LogP contribution < -0.4 is 10.6 Å². The highest BCUT2D eigenvalue weighted by Crippen LogP contribution is 2.16. The van der Waals surface area contributed by atoms with E-state index in [0.29, 0.717) is 0 Å². The van der Waals surface area contributed by atoms with E-state index in [1.807, 2.05) is 62.4 Å². The molecule has 0 spiro atoms. The van der Waals surface area contributed by atoms with Gasteiger partial charge in [0, 0.05) is 5.69 Å². The Hall–Kier alpha value is -2.82. The molecule has 0 aliphatic heterocycles. The van der Waals surface area contributed by atoms with Gasteiger partial charge >= 0.3 is 6.03 Å². The topological polar surface area (TPSA) is 69.8 Å². The number of fused-ring (bicyclic) bond motifs is 1. The van der Waals surface area contributed by atoms with Crippen molar-refractivity contribution >= 4 is 22.8 Å². The molecule has 0 fully saturated rings. The molecule has 3 rings (SSSR count). The average molecular weight is 294 g/mol. The number of rotatable bonds is 3. The van der Waals surface area contributed by atoms with Crippen LogP contribution in [0.15, 0.2) is 48.5 Å². The fourth-order valence-corrected chi connectivity index (χ4v) is 2.25. The number of aromatic amines is 1. The molecule has 0 saturated heterocycles. The van der Waals surface area contributed by atoms with Gasteiger partial charge in [0.1, 0.15) is 5.82 Å². The third-order valence-electron chi connectivity index (χ3n) is 3.47. The minimum Gasteiger partial charge on any atom is -0.340 e. The van der Waals surface area contributed by atoms with Gasteiger partial charge in [-0.2, -0.15) is 0 Å². The largest absolute Gasteiger partial charge is 0.340 e. The van der Waals surface area contributed by atoms with E-state index in [-0.39, 0.29) is 12.1 Å². The molecule has 3 aromatic rings. The number of imidazole rings is 1. The van der Waals surface area contributed by atoms with Crippen molar-refractivity contribution in [2.75, 3.05) is 5.32 Å². The summed E-state index contributed by atoms with van der Waals surface area (Å²) in [6, 6.07) is 15.0. The molecule has 3 N–H and O–H groups in total. The minimum absolute atomic E-state index is 0.210. The third kappa shape index (κ3) is 3.09. The molecule has 22 heavy (non-hydrogen) atoms. The maximum Gasteiger partial charge on any atom is 0.319 e. The standard InChI is InChI=1S/C17H18N4O/c1-11-7-9-13(10-8-11)19-17(22)18-12(2)16-20-14-5-3-4-6-15(14)21-16/h3-10,12H,1-2H3,(H,20,21)(H2,18,19,22)/t12-/m1/s1. The number of urea groups is 1. The van der Waals surface area contributed by atoms with Crippen LogP contribution in [0.4, 0.5) is 10.5 Å². The molecule has 1 aromatic heterocycles. The Labute approximate surface area is 128 Å². The number of carbonyl (C=O) groups is 1. The van der Waals surface area contributed by atoms with Crippen molar-refractivity contribution in [3.05, 3.63) is 59.9 Å². The number of hydrogen-bond donors (Lipinski definition) is 3. The molecule has 5 heteroatoms. The lowest BCUT2D eigenvalue weighted by Crippen LogP contribution is -2.31. The number of amides is 2. The molecule has 0 aliphatic carbocycles. The van der Waals surface area contributed by atoms with E-state index < -0.39 is 0 Å². The summed E-state index contributed by atoms with van der Waals surface area (Å²) in [5, 5.41) is 5.69. The summed E-state index contributed by atoms with van der Waals surface area (Å²) in [5.41, 5.74) is 3.77. The number of hydrogen-bond acceptors (Lipinski definition) is 2. The number of anilines is 1. The highest BCUT2D eigenvalue weighted by Gasteiger charge is 2.13. The molecule has 112 valence electrons. The number of carbonyl (C=O) groups excluding carboxylic acids is 1. The van der Waals surface area contributed by atoms with Crippen molar-refractivity contribution in [1.29, 1.82) is 0 Å². The molecule has 2 amide bonds. The zero-order valence-electron chi connectivity index (χ0n) is 12.6. The fraction of sp³-hybridized carbons (Fsp3) is 0.176. The summed E-state index contributed by atoms with van der Waals surface area (Å²) < 4.78 is 0. The highest BCUT2D eigenvalue weighted by molar-refractivity contribution is 5.89. The van der Waals surface area contributed by atoms with Crippen LogP contribution in [0.3, 0.4) is 0 Å². The van der Waals surface area contributed by atoms with Crippen molar-refractivity contribution in [2.45, 2.75) is 19.9 Å². The molecular weight excluding hydrogens is 276 g/mol. The predicted octanol–water partition coefficient (Wildman–Crippen LogP) is 3.75. The van der Waals surface area contributed by atoms with E-state index in [4.69, 9.17) is 0 Å². The van der Waals surface area contributed by atoms with Crippen LogP contribution in [0.1, 0.15) is 24.4 Å². The molecule has 0 radical (unpaired) electrons. The van der Waals surface area contributed by atoms with Crippen LogP contribution in [-0.4, -0.2) is 16.0 Å². The van der Waals surface area contributed by atoms with Crippen molar-refractivity contribution in [3.8, 4) is 0 Å². The minimum atomic E-state index is -0.253. The van der Waals surface area contributed by atoms with Gasteiger partial charge in [-0.1, -0.05) is 29.8 Å². The summed E-state index contributed by atoms with van der Waals surface area (Å²) in [7, 11) is 0. The smallest absolute Gasteiger partial charge is 0.319 e. The first-order valence-corrected chi connectivity index (χ1v) is 7.20. The quantitative estimate of drug-likeness (QED) is 0.688. The summed E-state index contributed by atoms with van der Waals surface area (Å²) >= 11 is 0. The van der Waals surface area contributed by atoms with Crippen LogP contribution >= 0.6 is 0 Å². The Kier molecular flexibility index (Phi) is 3.78. The maximum absolute atomic E-state index is 12.0. The van der Waals surface area contributed by atoms with Crippen LogP contribution in [0.5, 0.6) is 0 Å². The lowest BCUT2D eigenvalue weighted by atomic mass is 10.2. The van der Waals surface area contributed by atoms with Gasteiger partial charge in [-0.15, -0.1) is 0 Å². The molecule has 5 nitrogen and oxygen atoms in total. The second kappa shape index (κ2) is 5.89. The molecule has 0 unspecified atom stereocenters. The summed E-state index contributed by atoms with van der Waals surface area (Å²) in [6.45, 7) is 3.90. The number of nitrogens with zero attached hydrogens (tertiary/aromatic N) is 1. The second-order valence-electron chi connectivity index (χ2n) is 5.33. The second-order valence-corrected chi connectivity index (χ2v) is 5.33. The Balaban J connectivity index is 1.66. The van der Waals surface area contributed by atoms with E-state index in [9.17, 15) is 4.79 Å². The van der Waals surface area contributed by atoms with Gasteiger partial charge < -0.3 is 15.6 Å². The number of aryl methyl sites for hydroxylation is 1. The Bertz CT molecular complexity index is 759. The molecular formula is C17H18N4O. The van der Waals surface area contributed by atoms with Gasteiger partial charge in [0.25, 0.3) is 0 Å². The van der Waals surface area contributed by atoms with Gasteiger partial charge in [-0.3, -0.25) is 0 Å². The summed E-state index contributed by atoms with van der Waals surface area (Å²) in [6.07, 6.45) is 0. The van der Waals surface area contributed by atoms with Gasteiger partial charge in [-0.05, 0) is 38.1 Å². The molecule has 2 aromatic carbocycles. The van der Waals surface area contributed by atoms with E-state index in [1.54, 1.807) is 0 Å². The summed E-state index contributed by atoms with van der Waals surface area (Å²) in [5.74, 6) is 0.736. The number of benzene rings is 2. The normalized spacial score (nSPS) is 12.1. The van der Waals surface area contributed by atoms with Crippen LogP contribution in [0, 0.1) is 6.92 Å². The third-order valence-corrected chi connectivity index (χ3v) is 3.47. The van der Waals surface area contributed by atoms with Crippen molar-refractivity contribution < 1.29 is 4.79 Å². The van der Waals surface area contributed by atoms with Crippen LogP contribution in [0.2, 0.25) is 0 Å². The predicted molar refractivity (Wildman–Crippen MR) is 87.8 cm³/mol. The molecule has 1 heterocycles. The average Bonchev–Trinajstić information content (AvgIpc) is 2.93. The first-order valence-electron chi connectivity index (χ1n) is 7.20. The molecule has 0 aliphatic rings. The maximum atomic E-state index is 12.0. The molecule has 1 atom stereocenters. The Morgan fingerprint density at radius 3 is 2.59 bits per heavy atom. The fourth-order valence-electron chi connectivity index (χ4n) is 2.25. The first-order chi connectivity index (χ1) is 10.6. The van der Waals surface area contributed by atoms with Crippen molar-refractivity contribution in [3.63, 3.8) is 0 Å². The lowest BCUT2D eigenvalue weighted by Gasteiger charge is -2.12. The van der Waals surface area contributed by atoms with Crippen molar-refractivity contribution in [1.82, 2.24) is 15.3 Å². The van der Waals surface area contributed by atoms with Gasteiger partial charge in [0.2, 0.25) is 0 Å². The number of aromatic nitrogens is 2. The van der Waals surface area contributed by atoms with Gasteiger partial charge in [0.05, 0.1) is 17.1 Å². The number of para-hydroxylation sites is 2. The zero-order valence-corrected chi connectivity index (χ0v) is 12.6. The molecule has 0 saturated carbocycles. The van der Waals surface area contributed by atoms with Crippen LogP contribution in [0.25, 0.3) is 11.0 Å². The Morgan fingerprint density at radius 1 is 1.14 bits per heavy atom. The summed E-state index contributed by atoms with van der Waals surface area (Å²) in [4.78, 5) is 19.7. The first kappa shape index (κ1) is 14.1. The SMILES string of the molecule is Cc1ccc(NC(=O)N[C@H](C)c2nc3ccccc3[nH]2)cc1. The van der Waals surface area contributed by atoms with Gasteiger partial charge in [0.15, 0.2) is 0 Å². The lowest BCUT2D eigenvalue weighted by molar-refractivity contribution is 0.249. The van der Waals surface area contributed by atoms with E-state index in [0.717, 1.165) is 28.1 Å². The monoisotopic (exact) mass is 294 g/mol. The van der Waals surface area contributed by atoms with Gasteiger partial charge in [-0.25, -0.2) is 9.78 Å². The molecule has 0 bridgehead atoms. The highest BCUT2D eigenvalue weighted by atomic mass is 16.2. The van der Waals surface area contributed by atoms with Crippen LogP contribution in [-0.2, 0) is 0 Å². The number of H-pyrrole nitrogens is 1. The van der Waals surface area contributed by atoms with E-state index in [2.05, 4.69) is 20.6 Å². The zero-order chi connectivity index (χ0) is 15.5. The van der Waals surface area contributed by atoms with E-state index >= 15 is 0 Å². The van der Waals surface area contributed by atoms with Crippen molar-refractivity contribution in [2.24, 2.45) is 0 Å². The van der Waals surface area contributed by atoms with E-state index in [1.165, 1.54) is 0 Å². The number of nitrogens with one attached hydrogen (secondary N) is 3. The Morgan fingerprint density at radius 2 is 1.86 bits per heavy atom.